The lowest BCUT2D eigenvalue weighted by Gasteiger charge is -2.37. The van der Waals surface area contributed by atoms with Gasteiger partial charge in [0.1, 0.15) is 18.1 Å². The Morgan fingerprint density at radius 1 is 0.985 bits per heavy atom. The SMILES string of the molecule is O=C1CCC(N2C(=O)c3cccc(NCCCOC[C@@H]4CN(CC5CCC(n6cc(NC(=O)c7coc(-c8ccnc(NCC9CC9)c8)n7)c(C(F)F)n6)CC5)CCO4)c3C2=O)C(=O)N1. The number of alkyl halides is 2. The number of halogens is 2. The minimum Gasteiger partial charge on any atom is -0.444 e. The van der Waals surface area contributed by atoms with Crippen LogP contribution in [0, 0.1) is 11.8 Å². The molecule has 9 rings (SSSR count). The number of hydrogen-bond donors (Lipinski definition) is 4. The molecule has 2 atom stereocenters. The van der Waals surface area contributed by atoms with Crippen molar-refractivity contribution in [3.63, 3.8) is 0 Å². The Bertz CT molecular complexity index is 2410. The van der Waals surface area contributed by atoms with Crippen LogP contribution in [0.4, 0.5) is 26.0 Å². The molecule has 4 fully saturated rings. The van der Waals surface area contributed by atoms with E-state index in [4.69, 9.17) is 13.9 Å². The average molecular weight is 899 g/mol. The zero-order valence-corrected chi connectivity index (χ0v) is 35.8. The number of carbonyl (C=O) groups is 5. The number of pyridine rings is 1. The Morgan fingerprint density at radius 3 is 2.62 bits per heavy atom. The van der Waals surface area contributed by atoms with Gasteiger partial charge in [-0.3, -0.25) is 43.8 Å². The maximum atomic E-state index is 14.2. The summed E-state index contributed by atoms with van der Waals surface area (Å²) in [7, 11) is 0. The van der Waals surface area contributed by atoms with Crippen molar-refractivity contribution in [1.82, 2.24) is 34.9 Å². The molecule has 20 heteroatoms. The number of benzene rings is 1. The molecule has 5 amide bonds. The summed E-state index contributed by atoms with van der Waals surface area (Å²) in [6.07, 6.45) is 7.84. The predicted octanol–water partition coefficient (Wildman–Crippen LogP) is 5.30. The van der Waals surface area contributed by atoms with E-state index in [1.54, 1.807) is 41.2 Å². The molecule has 3 aliphatic heterocycles. The summed E-state index contributed by atoms with van der Waals surface area (Å²) in [5.41, 5.74) is 0.979. The molecule has 18 nitrogen and oxygen atoms in total. The first-order chi connectivity index (χ1) is 31.6. The minimum absolute atomic E-state index is 0.0440. The number of aromatic nitrogens is 4. The number of rotatable bonds is 18. The van der Waals surface area contributed by atoms with Gasteiger partial charge in [-0.1, -0.05) is 6.07 Å². The molecule has 1 aromatic carbocycles. The van der Waals surface area contributed by atoms with Crippen LogP contribution in [0.15, 0.2) is 53.4 Å². The normalized spacial score (nSPS) is 22.6. The van der Waals surface area contributed by atoms with E-state index in [2.05, 4.69) is 41.2 Å². The standard InChI is InChI=1S/C45H52F2N10O8/c46-40(47)39-33(51-41(59)34-25-65-43(52-34)28-13-15-49-36(19-28)50-20-26-5-6-26)23-56(54-39)29-9-7-27(8-10-29)21-55-16-18-64-30(22-55)24-63-17-2-14-48-32-4-1-3-31-38(32)45(62)57(44(31)61)35-11-12-37(58)53-42(35)60/h1,3-4,13,15,19,23,25-27,29-30,35,40,48H,2,5-12,14,16-18,20-22,24H2,(H,49,50)(H,51,59)(H,53,58,60)/t27?,29?,30-,35?/m0/s1. The highest BCUT2D eigenvalue weighted by Gasteiger charge is 2.45. The van der Waals surface area contributed by atoms with Crippen LogP contribution < -0.4 is 21.3 Å². The third kappa shape index (κ3) is 10.2. The molecule has 4 aromatic rings. The number of amides is 5. The number of nitrogens with one attached hydrogen (secondary N) is 4. The van der Waals surface area contributed by atoms with Crippen LogP contribution in [-0.4, -0.2) is 124 Å². The molecular weight excluding hydrogens is 847 g/mol. The van der Waals surface area contributed by atoms with Crippen molar-refractivity contribution in [3.8, 4) is 11.5 Å². The highest BCUT2D eigenvalue weighted by Crippen LogP contribution is 2.36. The molecule has 0 bridgehead atoms. The van der Waals surface area contributed by atoms with Crippen LogP contribution in [-0.2, 0) is 19.1 Å². The van der Waals surface area contributed by atoms with Crippen molar-refractivity contribution >= 4 is 46.7 Å². The van der Waals surface area contributed by atoms with E-state index in [9.17, 15) is 32.8 Å². The molecule has 6 heterocycles. The maximum Gasteiger partial charge on any atom is 0.284 e. The summed E-state index contributed by atoms with van der Waals surface area (Å²) in [5.74, 6) is -0.880. The minimum atomic E-state index is -2.89. The summed E-state index contributed by atoms with van der Waals surface area (Å²) in [6.45, 7) is 5.18. The topological polar surface area (TPSA) is 215 Å². The lowest BCUT2D eigenvalue weighted by molar-refractivity contribution is -0.136. The van der Waals surface area contributed by atoms with E-state index in [1.807, 2.05) is 0 Å². The van der Waals surface area contributed by atoms with E-state index < -0.39 is 47.7 Å². The Hall–Kier alpha value is -6.12. The van der Waals surface area contributed by atoms with Crippen molar-refractivity contribution < 1.29 is 46.6 Å². The zero-order valence-electron chi connectivity index (χ0n) is 35.8. The highest BCUT2D eigenvalue weighted by molar-refractivity contribution is 6.25. The van der Waals surface area contributed by atoms with Crippen molar-refractivity contribution in [1.29, 1.82) is 0 Å². The van der Waals surface area contributed by atoms with Gasteiger partial charge >= 0.3 is 0 Å². The van der Waals surface area contributed by atoms with Crippen molar-refractivity contribution in [2.75, 3.05) is 68.5 Å². The largest absolute Gasteiger partial charge is 0.444 e. The Balaban J connectivity index is 0.697. The summed E-state index contributed by atoms with van der Waals surface area (Å²) < 4.78 is 47.5. The van der Waals surface area contributed by atoms with Crippen LogP contribution in [0.5, 0.6) is 0 Å². The van der Waals surface area contributed by atoms with E-state index in [0.717, 1.165) is 56.8 Å². The van der Waals surface area contributed by atoms with Gasteiger partial charge in [0.15, 0.2) is 11.4 Å². The summed E-state index contributed by atoms with van der Waals surface area (Å²) in [6, 6.07) is 7.37. The number of imide groups is 2. The highest BCUT2D eigenvalue weighted by atomic mass is 19.3. The molecule has 5 aliphatic rings. The molecule has 3 aromatic heterocycles. The Labute approximate surface area is 373 Å². The number of fused-ring (bicyclic) bond motifs is 1. The van der Waals surface area contributed by atoms with Crippen molar-refractivity contribution in [2.24, 2.45) is 11.8 Å². The zero-order chi connectivity index (χ0) is 45.0. The van der Waals surface area contributed by atoms with Gasteiger partial charge in [-0.05, 0) is 87.5 Å². The van der Waals surface area contributed by atoms with Crippen LogP contribution in [0.3, 0.4) is 0 Å². The van der Waals surface area contributed by atoms with Crippen molar-refractivity contribution in [2.45, 2.75) is 82.4 Å². The summed E-state index contributed by atoms with van der Waals surface area (Å²) in [5, 5.41) is 15.6. The Morgan fingerprint density at radius 2 is 1.82 bits per heavy atom. The monoisotopic (exact) mass is 898 g/mol. The first kappa shape index (κ1) is 44.1. The summed E-state index contributed by atoms with van der Waals surface area (Å²) >= 11 is 0. The maximum absolute atomic E-state index is 14.2. The number of nitrogens with zero attached hydrogens (tertiary/aromatic N) is 6. The molecule has 4 N–H and O–H groups in total. The number of hydrogen-bond acceptors (Lipinski definition) is 14. The van der Waals surface area contributed by atoms with Gasteiger partial charge in [0, 0.05) is 69.4 Å². The molecular formula is C45H52F2N10O8. The second kappa shape index (κ2) is 19.5. The van der Waals surface area contributed by atoms with E-state index >= 15 is 0 Å². The molecule has 344 valence electrons. The quantitative estimate of drug-likeness (QED) is 0.0738. The number of anilines is 3. The lowest BCUT2D eigenvalue weighted by Crippen LogP contribution is -2.54. The van der Waals surface area contributed by atoms with Crippen LogP contribution >= 0.6 is 0 Å². The second-order valence-electron chi connectivity index (χ2n) is 17.4. The van der Waals surface area contributed by atoms with E-state index in [1.165, 1.54) is 25.3 Å². The van der Waals surface area contributed by atoms with Gasteiger partial charge in [-0.2, -0.15) is 5.10 Å². The molecule has 2 aliphatic carbocycles. The second-order valence-corrected chi connectivity index (χ2v) is 17.4. The molecule has 2 saturated heterocycles. The van der Waals surface area contributed by atoms with Gasteiger partial charge < -0.3 is 29.8 Å². The predicted molar refractivity (Wildman–Crippen MR) is 230 cm³/mol. The fourth-order valence-electron chi connectivity index (χ4n) is 9.06. The van der Waals surface area contributed by atoms with Gasteiger partial charge in [0.2, 0.25) is 17.7 Å². The molecule has 0 radical (unpaired) electrons. The third-order valence-electron chi connectivity index (χ3n) is 12.7. The number of ether oxygens (including phenoxy) is 2. The average Bonchev–Trinajstić information content (AvgIpc) is 3.71. The van der Waals surface area contributed by atoms with Crippen LogP contribution in [0.1, 0.15) is 107 Å². The fraction of sp³-hybridized carbons (Fsp3) is 0.511. The van der Waals surface area contributed by atoms with Gasteiger partial charge in [-0.25, -0.2) is 18.7 Å². The molecule has 2 saturated carbocycles. The molecule has 0 spiro atoms. The number of morpholine rings is 1. The third-order valence-corrected chi connectivity index (χ3v) is 12.7. The van der Waals surface area contributed by atoms with Crippen LogP contribution in [0.2, 0.25) is 0 Å². The van der Waals surface area contributed by atoms with E-state index in [-0.39, 0.29) is 53.4 Å². The number of oxazole rings is 1. The Kier molecular flexibility index (Phi) is 13.3. The van der Waals surface area contributed by atoms with Gasteiger partial charge in [-0.15, -0.1) is 0 Å². The van der Waals surface area contributed by atoms with Gasteiger partial charge in [0.05, 0.1) is 42.2 Å². The fourth-order valence-corrected chi connectivity index (χ4v) is 9.06. The molecule has 65 heavy (non-hydrogen) atoms. The smallest absolute Gasteiger partial charge is 0.284 e. The van der Waals surface area contributed by atoms with E-state index in [0.29, 0.717) is 61.7 Å². The lowest BCUT2D eigenvalue weighted by atomic mass is 9.85. The first-order valence-electron chi connectivity index (χ1n) is 22.4. The number of carbonyl (C=O) groups excluding carboxylic acids is 5. The van der Waals surface area contributed by atoms with Gasteiger partial charge in [0.25, 0.3) is 24.1 Å². The van der Waals surface area contributed by atoms with Crippen molar-refractivity contribution in [3.05, 3.63) is 71.5 Å². The molecule has 1 unspecified atom stereocenters. The summed E-state index contributed by atoms with van der Waals surface area (Å²) in [4.78, 5) is 75.7. The number of piperidine rings is 1. The first-order valence-corrected chi connectivity index (χ1v) is 22.4. The van der Waals surface area contributed by atoms with Crippen LogP contribution in [0.25, 0.3) is 11.5 Å².